The molecule has 1 rings (SSSR count). The first-order chi connectivity index (χ1) is 12.9. The van der Waals surface area contributed by atoms with E-state index in [1.165, 1.54) is 39.3 Å². The number of esters is 1. The third-order valence-corrected chi connectivity index (χ3v) is 8.27. The average Bonchev–Trinajstić information content (AvgIpc) is 2.64. The Bertz CT molecular complexity index is 909. The number of carbonyl (C=O) groups is 1. The van der Waals surface area contributed by atoms with Gasteiger partial charge in [0.2, 0.25) is 10.0 Å². The van der Waals surface area contributed by atoms with Crippen LogP contribution in [0.2, 0.25) is 0 Å². The van der Waals surface area contributed by atoms with Crippen LogP contribution in [-0.2, 0) is 29.3 Å². The number of carbonyl (C=O) groups excluding carboxylic acids is 1. The fraction of sp³-hybridized carbons (Fsp3) is 0.526. The normalized spacial score (nSPS) is 16.9. The molecule has 0 saturated carbocycles. The number of rotatable bonds is 8. The number of ether oxygens (including phenoxy) is 1. The smallest absolute Gasteiger partial charge is 0.324 e. The maximum atomic E-state index is 13.1. The van der Waals surface area contributed by atoms with E-state index in [-0.39, 0.29) is 6.61 Å². The van der Waals surface area contributed by atoms with Crippen LogP contribution in [0.15, 0.2) is 51.1 Å². The molecule has 0 heterocycles. The molecule has 1 aromatic carbocycles. The largest absolute Gasteiger partial charge is 0.465 e. The number of sulfonamides is 1. The van der Waals surface area contributed by atoms with Crippen LogP contribution in [0, 0.1) is 5.92 Å². The number of nitrogens with one attached hydrogen (secondary N) is 1. The minimum atomic E-state index is -3.80. The third kappa shape index (κ3) is 6.15. The zero-order chi connectivity index (χ0) is 21.6. The molecule has 1 N–H and O–H groups in total. The van der Waals surface area contributed by atoms with Crippen molar-refractivity contribution in [3.63, 3.8) is 0 Å². The lowest BCUT2D eigenvalue weighted by Gasteiger charge is -2.26. The summed E-state index contributed by atoms with van der Waals surface area (Å²) in [6.45, 7) is 8.03. The van der Waals surface area contributed by atoms with E-state index in [0.717, 1.165) is 0 Å². The highest BCUT2D eigenvalue weighted by Gasteiger charge is 2.36. The Hall–Kier alpha value is -1.71. The van der Waals surface area contributed by atoms with Gasteiger partial charge in [0.25, 0.3) is 0 Å². The molecule has 28 heavy (non-hydrogen) atoms. The molecule has 0 amide bonds. The van der Waals surface area contributed by atoms with Gasteiger partial charge in [-0.3, -0.25) is 4.79 Å². The van der Waals surface area contributed by atoms with Crippen molar-refractivity contribution < 1.29 is 22.2 Å². The molecule has 0 aromatic heterocycles. The van der Waals surface area contributed by atoms with E-state index >= 15 is 0 Å². The predicted molar refractivity (Wildman–Crippen MR) is 112 cm³/mol. The zero-order valence-corrected chi connectivity index (χ0v) is 18.8. The number of hydrogen-bond donors (Lipinski definition) is 1. The summed E-state index contributed by atoms with van der Waals surface area (Å²) >= 11 is 0. The molecule has 0 aliphatic heterocycles. The van der Waals surface area contributed by atoms with Crippen LogP contribution in [0.5, 0.6) is 0 Å². The van der Waals surface area contributed by atoms with Gasteiger partial charge in [-0.15, -0.1) is 0 Å². The van der Waals surface area contributed by atoms with Gasteiger partial charge in [0.05, 0.1) is 26.0 Å². The van der Waals surface area contributed by atoms with E-state index in [1.807, 2.05) is 6.07 Å². The Morgan fingerprint density at radius 1 is 1.21 bits per heavy atom. The summed E-state index contributed by atoms with van der Waals surface area (Å²) in [7, 11) is -5.17. The molecular weight excluding hydrogens is 400 g/mol. The second-order valence-corrected chi connectivity index (χ2v) is 11.9. The van der Waals surface area contributed by atoms with Crippen molar-refractivity contribution >= 4 is 25.7 Å². The molecular formula is C19H30N2O5S2. The highest BCUT2D eigenvalue weighted by Crippen LogP contribution is 2.20. The van der Waals surface area contributed by atoms with Gasteiger partial charge in [-0.05, 0) is 39.8 Å². The lowest BCUT2D eigenvalue weighted by molar-refractivity contribution is -0.146. The van der Waals surface area contributed by atoms with E-state index in [9.17, 15) is 17.4 Å². The molecule has 0 fully saturated rings. The zero-order valence-electron chi connectivity index (χ0n) is 17.2. The highest BCUT2D eigenvalue weighted by atomic mass is 32.2. The molecule has 0 radical (unpaired) electrons. The fourth-order valence-corrected chi connectivity index (χ4v) is 4.64. The number of hydrogen-bond acceptors (Lipinski definition) is 6. The lowest BCUT2D eigenvalue weighted by atomic mass is 10.0. The van der Waals surface area contributed by atoms with E-state index in [2.05, 4.69) is 9.08 Å². The fourth-order valence-electron chi connectivity index (χ4n) is 2.15. The Balaban J connectivity index is 3.23. The van der Waals surface area contributed by atoms with Gasteiger partial charge in [0.15, 0.2) is 0 Å². The van der Waals surface area contributed by atoms with Crippen molar-refractivity contribution in [3.8, 4) is 0 Å². The van der Waals surface area contributed by atoms with Crippen molar-refractivity contribution in [2.75, 3.05) is 13.7 Å². The Kier molecular flexibility index (Phi) is 8.40. The van der Waals surface area contributed by atoms with Gasteiger partial charge in [0.1, 0.15) is 6.04 Å². The molecule has 1 unspecified atom stereocenters. The molecule has 0 aliphatic carbocycles. The monoisotopic (exact) mass is 430 g/mol. The molecule has 1 aromatic rings. The summed E-state index contributed by atoms with van der Waals surface area (Å²) < 4.78 is 48.6. The molecule has 7 nitrogen and oxygen atoms in total. The first-order valence-electron chi connectivity index (χ1n) is 8.95. The van der Waals surface area contributed by atoms with Gasteiger partial charge >= 0.3 is 5.97 Å². The maximum absolute atomic E-state index is 13.1. The first kappa shape index (κ1) is 24.3. The summed E-state index contributed by atoms with van der Waals surface area (Å²) in [6.07, 6.45) is 1.54. The quantitative estimate of drug-likeness (QED) is 0.639. The summed E-state index contributed by atoms with van der Waals surface area (Å²) in [5.74, 6) is -1.30. The van der Waals surface area contributed by atoms with Gasteiger partial charge < -0.3 is 4.74 Å². The van der Waals surface area contributed by atoms with Crippen molar-refractivity contribution in [2.24, 2.45) is 10.3 Å². The lowest BCUT2D eigenvalue weighted by Crippen LogP contribution is -2.50. The van der Waals surface area contributed by atoms with E-state index in [1.54, 1.807) is 38.1 Å². The first-order valence-corrected chi connectivity index (χ1v) is 12.0. The van der Waals surface area contributed by atoms with Crippen molar-refractivity contribution in [2.45, 2.75) is 50.3 Å². The highest BCUT2D eigenvalue weighted by molar-refractivity contribution is 7.96. The van der Waals surface area contributed by atoms with Crippen molar-refractivity contribution in [1.82, 2.24) is 4.72 Å². The van der Waals surface area contributed by atoms with Gasteiger partial charge in [0, 0.05) is 18.4 Å². The van der Waals surface area contributed by atoms with E-state index in [0.29, 0.717) is 4.90 Å². The van der Waals surface area contributed by atoms with Crippen LogP contribution < -0.4 is 4.72 Å². The van der Waals surface area contributed by atoms with Gasteiger partial charge in [-0.2, -0.15) is 4.72 Å². The molecule has 3 atom stereocenters. The molecule has 0 spiro atoms. The molecule has 9 heteroatoms. The van der Waals surface area contributed by atoms with E-state index in [4.69, 9.17) is 4.74 Å². The number of nitrogens with zero attached hydrogens (tertiary/aromatic N) is 1. The summed E-state index contributed by atoms with van der Waals surface area (Å²) in [6, 6.07) is 7.60. The minimum absolute atomic E-state index is 0.119. The van der Waals surface area contributed by atoms with Crippen molar-refractivity contribution in [1.29, 1.82) is 0 Å². The Morgan fingerprint density at radius 2 is 1.79 bits per heavy atom. The maximum Gasteiger partial charge on any atom is 0.324 e. The van der Waals surface area contributed by atoms with Crippen LogP contribution in [0.25, 0.3) is 0 Å². The minimum Gasteiger partial charge on any atom is -0.465 e. The predicted octanol–water partition coefficient (Wildman–Crippen LogP) is 2.94. The van der Waals surface area contributed by atoms with Crippen LogP contribution in [0.4, 0.5) is 0 Å². The summed E-state index contributed by atoms with van der Waals surface area (Å²) in [5.41, 5.74) is 0. The van der Waals surface area contributed by atoms with Crippen LogP contribution in [0.1, 0.15) is 34.6 Å². The summed E-state index contributed by atoms with van der Waals surface area (Å²) in [4.78, 5) is 12.9. The van der Waals surface area contributed by atoms with E-state index < -0.39 is 42.4 Å². The second kappa shape index (κ2) is 9.67. The topological polar surface area (TPSA) is 102 Å². The Morgan fingerprint density at radius 3 is 2.25 bits per heavy atom. The SMILES string of the molecule is CCOC(=O)[C@@H](NS(=O)(=O)C(C)(C)C)[C@H](C)/C=C/S(=O)(=NC)c1ccccc1. The standard InChI is InChI=1S/C19H30N2O5S2/c1-7-26-18(22)17(21-28(24,25)19(3,4)5)15(2)13-14-27(23,20-6)16-11-9-8-10-12-16/h8-15,17,21H,7H2,1-6H3/b14-13+/t15-,17+,27?/m1/s1. The van der Waals surface area contributed by atoms with Crippen LogP contribution >= 0.6 is 0 Å². The number of benzene rings is 1. The molecule has 0 saturated heterocycles. The second-order valence-electron chi connectivity index (χ2n) is 7.22. The van der Waals surface area contributed by atoms with Gasteiger partial charge in [-0.1, -0.05) is 31.2 Å². The average molecular weight is 431 g/mol. The molecule has 0 aliphatic rings. The summed E-state index contributed by atoms with van der Waals surface area (Å²) in [5, 5.41) is 1.42. The van der Waals surface area contributed by atoms with Crippen LogP contribution in [0.3, 0.4) is 0 Å². The van der Waals surface area contributed by atoms with Crippen molar-refractivity contribution in [3.05, 3.63) is 41.8 Å². The van der Waals surface area contributed by atoms with Gasteiger partial charge in [-0.25, -0.2) is 17.0 Å². The Labute approximate surface area is 168 Å². The third-order valence-electron chi connectivity index (χ3n) is 4.07. The van der Waals surface area contributed by atoms with Crippen LogP contribution in [-0.4, -0.2) is 43.0 Å². The molecule has 158 valence electrons. The molecule has 0 bridgehead atoms.